The summed E-state index contributed by atoms with van der Waals surface area (Å²) in [6.45, 7) is 4.08. The van der Waals surface area contributed by atoms with Gasteiger partial charge in [-0.3, -0.25) is 0 Å². The lowest BCUT2D eigenvalue weighted by molar-refractivity contribution is 0.0696. The van der Waals surface area contributed by atoms with E-state index in [9.17, 15) is 4.79 Å². The zero-order valence-electron chi connectivity index (χ0n) is 9.57. The van der Waals surface area contributed by atoms with Crippen LogP contribution >= 0.6 is 0 Å². The third-order valence-corrected chi connectivity index (χ3v) is 3.18. The van der Waals surface area contributed by atoms with Gasteiger partial charge in [0.05, 0.1) is 5.56 Å². The van der Waals surface area contributed by atoms with Crippen molar-refractivity contribution in [2.45, 2.75) is 26.2 Å². The molecule has 3 heteroatoms. The van der Waals surface area contributed by atoms with Gasteiger partial charge in [0.25, 0.3) is 0 Å². The van der Waals surface area contributed by atoms with Crippen LogP contribution in [0.1, 0.15) is 35.7 Å². The maximum Gasteiger partial charge on any atom is 0.336 e. The Morgan fingerprint density at radius 3 is 2.62 bits per heavy atom. The van der Waals surface area contributed by atoms with Crippen LogP contribution in [-0.2, 0) is 6.42 Å². The SMILES string of the molecule is CCc1ccc(N2CCCC2)cc1C(=O)O. The molecule has 3 nitrogen and oxygen atoms in total. The molecule has 1 aromatic rings. The Labute approximate surface area is 95.7 Å². The average Bonchev–Trinajstić information content (AvgIpc) is 2.81. The molecule has 0 atom stereocenters. The summed E-state index contributed by atoms with van der Waals surface area (Å²) in [6, 6.07) is 5.79. The van der Waals surface area contributed by atoms with Crippen molar-refractivity contribution in [3.05, 3.63) is 29.3 Å². The zero-order valence-corrected chi connectivity index (χ0v) is 9.57. The van der Waals surface area contributed by atoms with E-state index in [2.05, 4.69) is 4.90 Å². The van der Waals surface area contributed by atoms with E-state index in [1.54, 1.807) is 0 Å². The summed E-state index contributed by atoms with van der Waals surface area (Å²) in [4.78, 5) is 13.4. The number of carboxylic acids is 1. The summed E-state index contributed by atoms with van der Waals surface area (Å²) < 4.78 is 0. The van der Waals surface area contributed by atoms with Gasteiger partial charge in [0.2, 0.25) is 0 Å². The van der Waals surface area contributed by atoms with Gasteiger partial charge in [0.1, 0.15) is 0 Å². The third kappa shape index (κ3) is 2.03. The second-order valence-electron chi connectivity index (χ2n) is 4.19. The van der Waals surface area contributed by atoms with Gasteiger partial charge in [0.15, 0.2) is 0 Å². The highest BCUT2D eigenvalue weighted by molar-refractivity contribution is 5.90. The van der Waals surface area contributed by atoms with Crippen LogP contribution in [0.15, 0.2) is 18.2 Å². The van der Waals surface area contributed by atoms with Crippen LogP contribution in [0.4, 0.5) is 5.69 Å². The Morgan fingerprint density at radius 1 is 1.38 bits per heavy atom. The number of carbonyl (C=O) groups is 1. The average molecular weight is 219 g/mol. The van der Waals surface area contributed by atoms with E-state index < -0.39 is 5.97 Å². The first-order valence-corrected chi connectivity index (χ1v) is 5.83. The lowest BCUT2D eigenvalue weighted by Gasteiger charge is -2.18. The molecule has 1 aliphatic heterocycles. The molecule has 1 fully saturated rings. The normalized spacial score (nSPS) is 15.4. The summed E-state index contributed by atoms with van der Waals surface area (Å²) in [7, 11) is 0. The van der Waals surface area contributed by atoms with Gasteiger partial charge in [-0.25, -0.2) is 4.79 Å². The molecule has 0 radical (unpaired) electrons. The van der Waals surface area contributed by atoms with Crippen LogP contribution in [0, 0.1) is 0 Å². The summed E-state index contributed by atoms with van der Waals surface area (Å²) in [6.07, 6.45) is 3.18. The van der Waals surface area contributed by atoms with E-state index in [0.717, 1.165) is 30.8 Å². The molecule has 86 valence electrons. The quantitative estimate of drug-likeness (QED) is 0.849. The van der Waals surface area contributed by atoms with Gasteiger partial charge in [-0.2, -0.15) is 0 Å². The van der Waals surface area contributed by atoms with E-state index in [0.29, 0.717) is 5.56 Å². The van der Waals surface area contributed by atoms with Gasteiger partial charge in [-0.05, 0) is 37.0 Å². The molecule has 0 unspecified atom stereocenters. The highest BCUT2D eigenvalue weighted by atomic mass is 16.4. The van der Waals surface area contributed by atoms with Gasteiger partial charge in [-0.15, -0.1) is 0 Å². The lowest BCUT2D eigenvalue weighted by atomic mass is 10.0. The molecule has 1 aliphatic rings. The second-order valence-corrected chi connectivity index (χ2v) is 4.19. The molecular weight excluding hydrogens is 202 g/mol. The standard InChI is InChI=1S/C13H17NO2/c1-2-10-5-6-11(9-12(10)13(15)16)14-7-3-4-8-14/h5-6,9H,2-4,7-8H2,1H3,(H,15,16). The van der Waals surface area contributed by atoms with Crippen molar-refractivity contribution in [1.82, 2.24) is 0 Å². The van der Waals surface area contributed by atoms with E-state index in [1.807, 2.05) is 25.1 Å². The monoisotopic (exact) mass is 219 g/mol. The number of carboxylic acid groups (broad SMARTS) is 1. The second kappa shape index (κ2) is 4.56. The molecule has 0 spiro atoms. The Balaban J connectivity index is 2.34. The van der Waals surface area contributed by atoms with Crippen molar-refractivity contribution in [3.63, 3.8) is 0 Å². The van der Waals surface area contributed by atoms with Crippen LogP contribution in [0.2, 0.25) is 0 Å². The number of aryl methyl sites for hydroxylation is 1. The number of hydrogen-bond donors (Lipinski definition) is 1. The first kappa shape index (κ1) is 11.0. The molecule has 0 aromatic heterocycles. The van der Waals surface area contributed by atoms with Crippen molar-refractivity contribution >= 4 is 11.7 Å². The Hall–Kier alpha value is -1.51. The molecule has 0 amide bonds. The Bertz CT molecular complexity index is 395. The van der Waals surface area contributed by atoms with Crippen molar-refractivity contribution in [1.29, 1.82) is 0 Å². The lowest BCUT2D eigenvalue weighted by Crippen LogP contribution is -2.18. The molecule has 1 saturated heterocycles. The first-order chi connectivity index (χ1) is 7.72. The smallest absolute Gasteiger partial charge is 0.336 e. The minimum atomic E-state index is -0.821. The van der Waals surface area contributed by atoms with Gasteiger partial charge in [-0.1, -0.05) is 13.0 Å². The summed E-state index contributed by atoms with van der Waals surface area (Å²) in [5.41, 5.74) is 2.41. The van der Waals surface area contributed by atoms with Crippen molar-refractivity contribution in [2.24, 2.45) is 0 Å². The number of anilines is 1. The molecule has 0 aliphatic carbocycles. The number of benzene rings is 1. The van der Waals surface area contributed by atoms with Crippen molar-refractivity contribution < 1.29 is 9.90 Å². The van der Waals surface area contributed by atoms with Gasteiger partial charge in [0, 0.05) is 18.8 Å². The fourth-order valence-corrected chi connectivity index (χ4v) is 2.24. The fraction of sp³-hybridized carbons (Fsp3) is 0.462. The van der Waals surface area contributed by atoms with Gasteiger partial charge >= 0.3 is 5.97 Å². The zero-order chi connectivity index (χ0) is 11.5. The minimum Gasteiger partial charge on any atom is -0.478 e. The first-order valence-electron chi connectivity index (χ1n) is 5.83. The van der Waals surface area contributed by atoms with Crippen LogP contribution in [0.5, 0.6) is 0 Å². The predicted octanol–water partition coefficient (Wildman–Crippen LogP) is 2.55. The molecule has 16 heavy (non-hydrogen) atoms. The maximum atomic E-state index is 11.1. The Morgan fingerprint density at radius 2 is 2.06 bits per heavy atom. The maximum absolute atomic E-state index is 11.1. The number of nitrogens with zero attached hydrogens (tertiary/aromatic N) is 1. The third-order valence-electron chi connectivity index (χ3n) is 3.18. The summed E-state index contributed by atoms with van der Waals surface area (Å²) in [5.74, 6) is -0.821. The number of rotatable bonds is 3. The van der Waals surface area contributed by atoms with Crippen LogP contribution in [0.25, 0.3) is 0 Å². The molecular formula is C13H17NO2. The van der Waals surface area contributed by atoms with Crippen molar-refractivity contribution in [2.75, 3.05) is 18.0 Å². The molecule has 2 rings (SSSR count). The summed E-state index contributed by atoms with van der Waals surface area (Å²) in [5, 5.41) is 9.15. The number of aromatic carboxylic acids is 1. The molecule has 1 heterocycles. The van der Waals surface area contributed by atoms with Crippen molar-refractivity contribution in [3.8, 4) is 0 Å². The highest BCUT2D eigenvalue weighted by Gasteiger charge is 2.15. The topological polar surface area (TPSA) is 40.5 Å². The minimum absolute atomic E-state index is 0.451. The molecule has 1 aromatic carbocycles. The molecule has 0 saturated carbocycles. The predicted molar refractivity (Wildman–Crippen MR) is 64.2 cm³/mol. The summed E-state index contributed by atoms with van der Waals surface area (Å²) >= 11 is 0. The Kier molecular flexibility index (Phi) is 3.13. The van der Waals surface area contributed by atoms with E-state index in [-0.39, 0.29) is 0 Å². The van der Waals surface area contributed by atoms with E-state index in [4.69, 9.17) is 5.11 Å². The van der Waals surface area contributed by atoms with E-state index >= 15 is 0 Å². The van der Waals surface area contributed by atoms with Crippen LogP contribution in [-0.4, -0.2) is 24.2 Å². The number of hydrogen-bond acceptors (Lipinski definition) is 2. The van der Waals surface area contributed by atoms with Crippen LogP contribution < -0.4 is 4.90 Å². The largest absolute Gasteiger partial charge is 0.478 e. The van der Waals surface area contributed by atoms with Crippen LogP contribution in [0.3, 0.4) is 0 Å². The van der Waals surface area contributed by atoms with E-state index in [1.165, 1.54) is 12.8 Å². The van der Waals surface area contributed by atoms with Gasteiger partial charge < -0.3 is 10.0 Å². The fourth-order valence-electron chi connectivity index (χ4n) is 2.24. The molecule has 0 bridgehead atoms. The molecule has 1 N–H and O–H groups in total. The highest BCUT2D eigenvalue weighted by Crippen LogP contribution is 2.23.